The van der Waals surface area contributed by atoms with E-state index in [1.165, 1.54) is 14.2 Å². The summed E-state index contributed by atoms with van der Waals surface area (Å²) in [5.41, 5.74) is 1.50. The largest absolute Gasteiger partial charge is 0.502 e. The van der Waals surface area contributed by atoms with E-state index in [0.29, 0.717) is 23.7 Å². The lowest BCUT2D eigenvalue weighted by Gasteiger charge is -2.34. The standard InChI is InChI=1S/C22H38O6Si2/c1-17(2)22(24)27-12-10-14-30(7,8)28-29(5,6)13-9-11-18-15-19(25-3)21(23)20(16-18)26-4/h15-16,23H,1,9-14H2,2-8H3. The van der Waals surface area contributed by atoms with Crippen LogP contribution < -0.4 is 9.47 Å². The number of hydrogen-bond donors (Lipinski definition) is 1. The SMILES string of the molecule is C=C(C)C(=O)OCCC[Si](C)(C)O[Si](C)(C)CCCc1cc(OC)c(O)c(OC)c1. The summed E-state index contributed by atoms with van der Waals surface area (Å²) >= 11 is 0. The Bertz CT molecular complexity index is 705. The van der Waals surface area contributed by atoms with Crippen molar-refractivity contribution in [3.8, 4) is 17.2 Å². The van der Waals surface area contributed by atoms with E-state index >= 15 is 0 Å². The minimum absolute atomic E-state index is 0.0310. The first-order chi connectivity index (χ1) is 13.9. The molecule has 170 valence electrons. The van der Waals surface area contributed by atoms with Gasteiger partial charge >= 0.3 is 5.97 Å². The first-order valence-electron chi connectivity index (χ1n) is 10.4. The van der Waals surface area contributed by atoms with Crippen LogP contribution in [0.25, 0.3) is 0 Å². The fourth-order valence-corrected chi connectivity index (χ4v) is 12.3. The molecule has 0 heterocycles. The van der Waals surface area contributed by atoms with Crippen molar-refractivity contribution in [3.63, 3.8) is 0 Å². The molecule has 6 nitrogen and oxygen atoms in total. The van der Waals surface area contributed by atoms with Crippen LogP contribution in [0.3, 0.4) is 0 Å². The average molecular weight is 455 g/mol. The Hall–Kier alpha value is -1.78. The van der Waals surface area contributed by atoms with Crippen LogP contribution in [0.5, 0.6) is 17.2 Å². The summed E-state index contributed by atoms with van der Waals surface area (Å²) in [4.78, 5) is 11.5. The summed E-state index contributed by atoms with van der Waals surface area (Å²) < 4.78 is 22.3. The predicted octanol–water partition coefficient (Wildman–Crippen LogP) is 5.28. The van der Waals surface area contributed by atoms with Crippen LogP contribution in [0.2, 0.25) is 38.3 Å². The zero-order valence-electron chi connectivity index (χ0n) is 19.6. The van der Waals surface area contributed by atoms with Crippen molar-refractivity contribution in [2.75, 3.05) is 20.8 Å². The molecule has 1 rings (SSSR count). The molecular formula is C22H38O6Si2. The van der Waals surface area contributed by atoms with Crippen molar-refractivity contribution in [2.24, 2.45) is 0 Å². The molecule has 0 aromatic heterocycles. The third-order valence-electron chi connectivity index (χ3n) is 4.84. The third kappa shape index (κ3) is 8.93. The summed E-state index contributed by atoms with van der Waals surface area (Å²) in [6, 6.07) is 5.72. The molecular weight excluding hydrogens is 416 g/mol. The molecule has 0 saturated carbocycles. The van der Waals surface area contributed by atoms with E-state index in [-0.39, 0.29) is 11.7 Å². The third-order valence-corrected chi connectivity index (χ3v) is 12.4. The predicted molar refractivity (Wildman–Crippen MR) is 126 cm³/mol. The van der Waals surface area contributed by atoms with Gasteiger partial charge in [-0.1, -0.05) is 6.58 Å². The lowest BCUT2D eigenvalue weighted by molar-refractivity contribution is -0.138. The van der Waals surface area contributed by atoms with Gasteiger partial charge in [-0.25, -0.2) is 4.79 Å². The minimum atomic E-state index is -1.83. The van der Waals surface area contributed by atoms with Gasteiger partial charge in [-0.05, 0) is 82.2 Å². The van der Waals surface area contributed by atoms with E-state index in [4.69, 9.17) is 18.3 Å². The van der Waals surface area contributed by atoms with Crippen LogP contribution in [0.1, 0.15) is 25.3 Å². The number of benzene rings is 1. The first-order valence-corrected chi connectivity index (χ1v) is 16.6. The molecule has 0 atom stereocenters. The molecule has 8 heteroatoms. The van der Waals surface area contributed by atoms with Gasteiger partial charge in [0.25, 0.3) is 0 Å². The number of methoxy groups -OCH3 is 2. The van der Waals surface area contributed by atoms with Crippen molar-refractivity contribution in [1.82, 2.24) is 0 Å². The zero-order valence-corrected chi connectivity index (χ0v) is 21.6. The fourth-order valence-electron chi connectivity index (χ4n) is 3.45. The Morgan fingerprint density at radius 2 is 1.50 bits per heavy atom. The molecule has 0 aliphatic carbocycles. The van der Waals surface area contributed by atoms with E-state index in [9.17, 15) is 9.90 Å². The van der Waals surface area contributed by atoms with Crippen molar-refractivity contribution in [2.45, 2.75) is 64.5 Å². The number of carbonyl (C=O) groups is 1. The van der Waals surface area contributed by atoms with E-state index in [2.05, 4.69) is 32.8 Å². The molecule has 0 radical (unpaired) electrons. The average Bonchev–Trinajstić information content (AvgIpc) is 2.64. The van der Waals surface area contributed by atoms with Gasteiger partial charge in [-0.15, -0.1) is 0 Å². The molecule has 0 fully saturated rings. The molecule has 30 heavy (non-hydrogen) atoms. The summed E-state index contributed by atoms with van der Waals surface area (Å²) in [7, 11) is -0.576. The second-order valence-electron chi connectivity index (χ2n) is 8.84. The molecule has 0 saturated heterocycles. The first kappa shape index (κ1) is 26.3. The van der Waals surface area contributed by atoms with E-state index < -0.39 is 16.6 Å². The highest BCUT2D eigenvalue weighted by Crippen LogP contribution is 2.37. The number of hydrogen-bond acceptors (Lipinski definition) is 6. The van der Waals surface area contributed by atoms with Gasteiger partial charge in [0.15, 0.2) is 28.1 Å². The number of aromatic hydroxyl groups is 1. The minimum Gasteiger partial charge on any atom is -0.502 e. The van der Waals surface area contributed by atoms with Crippen molar-refractivity contribution < 1.29 is 28.2 Å². The Kier molecular flexibility index (Phi) is 10.1. The summed E-state index contributed by atoms with van der Waals surface area (Å²) in [6.45, 7) is 14.7. The normalized spacial score (nSPS) is 11.8. The molecule has 1 aromatic rings. The Labute approximate surface area is 183 Å². The highest BCUT2D eigenvalue weighted by atomic mass is 28.4. The van der Waals surface area contributed by atoms with Gasteiger partial charge in [0.1, 0.15) is 0 Å². The highest BCUT2D eigenvalue weighted by Gasteiger charge is 2.32. The number of carbonyl (C=O) groups excluding carboxylic acids is 1. The van der Waals surface area contributed by atoms with Crippen molar-refractivity contribution >= 4 is 22.6 Å². The topological polar surface area (TPSA) is 74.2 Å². The van der Waals surface area contributed by atoms with Crippen LogP contribution >= 0.6 is 0 Å². The number of aryl methyl sites for hydroxylation is 1. The van der Waals surface area contributed by atoms with Crippen LogP contribution in [0, 0.1) is 0 Å². The monoisotopic (exact) mass is 454 g/mol. The van der Waals surface area contributed by atoms with Crippen molar-refractivity contribution in [1.29, 1.82) is 0 Å². The lowest BCUT2D eigenvalue weighted by Crippen LogP contribution is -2.44. The maximum Gasteiger partial charge on any atom is 0.333 e. The smallest absolute Gasteiger partial charge is 0.333 e. The maximum absolute atomic E-state index is 11.5. The molecule has 0 amide bonds. The van der Waals surface area contributed by atoms with Crippen LogP contribution in [0.15, 0.2) is 24.3 Å². The van der Waals surface area contributed by atoms with Gasteiger partial charge in [-0.2, -0.15) is 0 Å². The van der Waals surface area contributed by atoms with Gasteiger partial charge in [0.2, 0.25) is 5.75 Å². The molecule has 1 N–H and O–H groups in total. The second kappa shape index (κ2) is 11.6. The Morgan fingerprint density at radius 1 is 1.00 bits per heavy atom. The van der Waals surface area contributed by atoms with Crippen molar-refractivity contribution in [3.05, 3.63) is 29.8 Å². The number of rotatable bonds is 13. The van der Waals surface area contributed by atoms with Crippen LogP contribution in [-0.4, -0.2) is 48.5 Å². The molecule has 0 aliphatic heterocycles. The highest BCUT2D eigenvalue weighted by molar-refractivity contribution is 6.84. The molecule has 0 unspecified atom stereocenters. The zero-order chi connectivity index (χ0) is 22.9. The molecule has 0 bridgehead atoms. The van der Waals surface area contributed by atoms with Gasteiger partial charge in [0.05, 0.1) is 20.8 Å². The summed E-state index contributed by atoms with van der Waals surface area (Å²) in [6.07, 6.45) is 2.68. The van der Waals surface area contributed by atoms with Gasteiger partial charge in [0, 0.05) is 5.57 Å². The summed E-state index contributed by atoms with van der Waals surface area (Å²) in [5, 5.41) is 10.1. The van der Waals surface area contributed by atoms with E-state index in [0.717, 1.165) is 36.9 Å². The number of esters is 1. The molecule has 1 aromatic carbocycles. The number of phenolic OH excluding ortho intramolecular Hbond substituents is 1. The maximum atomic E-state index is 11.5. The Balaban J connectivity index is 2.53. The van der Waals surface area contributed by atoms with Gasteiger partial charge in [-0.3, -0.25) is 0 Å². The van der Waals surface area contributed by atoms with Crippen LogP contribution in [-0.2, 0) is 20.1 Å². The van der Waals surface area contributed by atoms with E-state index in [1.807, 2.05) is 12.1 Å². The number of ether oxygens (including phenoxy) is 3. The summed E-state index contributed by atoms with van der Waals surface area (Å²) in [5.74, 6) is 0.562. The van der Waals surface area contributed by atoms with E-state index in [1.54, 1.807) is 6.92 Å². The van der Waals surface area contributed by atoms with Gasteiger partial charge < -0.3 is 23.4 Å². The molecule has 0 aliphatic rings. The number of phenols is 1. The Morgan fingerprint density at radius 3 is 1.97 bits per heavy atom. The quantitative estimate of drug-likeness (QED) is 0.189. The lowest BCUT2D eigenvalue weighted by atomic mass is 10.1. The fraction of sp³-hybridized carbons (Fsp3) is 0.591. The second-order valence-corrected chi connectivity index (χ2v) is 17.7. The van der Waals surface area contributed by atoms with Crippen LogP contribution in [0.4, 0.5) is 0 Å². The molecule has 0 spiro atoms.